The van der Waals surface area contributed by atoms with Gasteiger partial charge in [-0.05, 0) is 12.8 Å². The van der Waals surface area contributed by atoms with Gasteiger partial charge in [-0.3, -0.25) is 0 Å². The van der Waals surface area contributed by atoms with Crippen molar-refractivity contribution in [3.63, 3.8) is 0 Å². The number of hydrogen-bond donors (Lipinski definition) is 2. The molecule has 2 N–H and O–H groups in total. The van der Waals surface area contributed by atoms with Crippen LogP contribution in [0.2, 0.25) is 0 Å². The number of rotatable bonds is 4. The summed E-state index contributed by atoms with van der Waals surface area (Å²) in [5.74, 6) is 0.261. The molecule has 11 heavy (non-hydrogen) atoms. The van der Waals surface area contributed by atoms with E-state index < -0.39 is 16.5 Å². The lowest BCUT2D eigenvalue weighted by atomic mass is 9.91. The molecule has 0 saturated carbocycles. The van der Waals surface area contributed by atoms with Gasteiger partial charge in [0.25, 0.3) is 0 Å². The monoisotopic (exact) mass is 179 g/mol. The van der Waals surface area contributed by atoms with Gasteiger partial charge in [-0.2, -0.15) is 0 Å². The van der Waals surface area contributed by atoms with Gasteiger partial charge >= 0.3 is 0 Å². The van der Waals surface area contributed by atoms with Crippen molar-refractivity contribution in [2.45, 2.75) is 26.3 Å². The first kappa shape index (κ1) is 11.1. The van der Waals surface area contributed by atoms with E-state index in [-0.39, 0.29) is 12.5 Å². The smallest absolute Gasteiger partial charge is 0.0889 e. The van der Waals surface area contributed by atoms with Crippen LogP contribution in [0.1, 0.15) is 20.8 Å². The maximum absolute atomic E-state index is 10.8. The highest BCUT2D eigenvalue weighted by Crippen LogP contribution is 2.15. The molecule has 0 aromatic rings. The molecule has 4 heteroatoms. The summed E-state index contributed by atoms with van der Waals surface area (Å²) >= 11 is 0. The maximum Gasteiger partial charge on any atom is 0.0889 e. The fraction of sp³-hybridized carbons (Fsp3) is 1.00. The zero-order chi connectivity index (χ0) is 9.07. The molecule has 0 rings (SSSR count). The lowest BCUT2D eigenvalue weighted by Gasteiger charge is -2.31. The molecule has 0 aromatic carbocycles. The molecule has 0 spiro atoms. The Kier molecular flexibility index (Phi) is 4.21. The zero-order valence-electron chi connectivity index (χ0n) is 7.55. The van der Waals surface area contributed by atoms with Crippen LogP contribution >= 0.6 is 0 Å². The largest absolute Gasteiger partial charge is 0.394 e. The van der Waals surface area contributed by atoms with Crippen LogP contribution in [0.25, 0.3) is 0 Å². The van der Waals surface area contributed by atoms with Gasteiger partial charge in [-0.15, -0.1) is 0 Å². The third-order valence-electron chi connectivity index (χ3n) is 1.98. The SMILES string of the molecule is CC(C)C(C)(CO)NS(C)=O. The molecule has 0 heterocycles. The Morgan fingerprint density at radius 1 is 1.64 bits per heavy atom. The Bertz CT molecular complexity index is 149. The van der Waals surface area contributed by atoms with Crippen LogP contribution in [0.15, 0.2) is 0 Å². The van der Waals surface area contributed by atoms with Crippen molar-refractivity contribution in [1.82, 2.24) is 4.72 Å². The molecule has 2 unspecified atom stereocenters. The molecule has 0 amide bonds. The molecule has 0 saturated heterocycles. The van der Waals surface area contributed by atoms with Crippen molar-refractivity contribution in [2.24, 2.45) is 5.92 Å². The number of aliphatic hydroxyl groups is 1. The maximum atomic E-state index is 10.8. The predicted octanol–water partition coefficient (Wildman–Crippen LogP) is 0.277. The van der Waals surface area contributed by atoms with Gasteiger partial charge in [0.1, 0.15) is 0 Å². The van der Waals surface area contributed by atoms with E-state index in [4.69, 9.17) is 5.11 Å². The summed E-state index contributed by atoms with van der Waals surface area (Å²) < 4.78 is 13.6. The molecule has 3 nitrogen and oxygen atoms in total. The molecule has 0 bridgehead atoms. The predicted molar refractivity (Wildman–Crippen MR) is 47.5 cm³/mol. The fourth-order valence-corrected chi connectivity index (χ4v) is 1.62. The topological polar surface area (TPSA) is 49.3 Å². The second-order valence-electron chi connectivity index (χ2n) is 3.29. The van der Waals surface area contributed by atoms with Crippen LogP contribution in [-0.4, -0.2) is 27.7 Å². The van der Waals surface area contributed by atoms with Crippen molar-refractivity contribution in [3.8, 4) is 0 Å². The molecule has 0 aliphatic carbocycles. The lowest BCUT2D eigenvalue weighted by Crippen LogP contribution is -2.50. The second-order valence-corrected chi connectivity index (χ2v) is 4.40. The van der Waals surface area contributed by atoms with Crippen LogP contribution in [0, 0.1) is 5.92 Å². The van der Waals surface area contributed by atoms with Crippen LogP contribution in [-0.2, 0) is 11.0 Å². The minimum absolute atomic E-state index is 0.00421. The Hall–Kier alpha value is 0.0700. The number of nitrogens with one attached hydrogen (secondary N) is 1. The molecule has 2 atom stereocenters. The van der Waals surface area contributed by atoms with Gasteiger partial charge in [0, 0.05) is 6.26 Å². The Labute approximate surface area is 70.8 Å². The Morgan fingerprint density at radius 2 is 2.09 bits per heavy atom. The first-order valence-electron chi connectivity index (χ1n) is 3.64. The van der Waals surface area contributed by atoms with Gasteiger partial charge in [0.15, 0.2) is 0 Å². The average Bonchev–Trinajstić information content (AvgIpc) is 1.86. The van der Waals surface area contributed by atoms with Gasteiger partial charge in [0.05, 0.1) is 23.1 Å². The Balaban J connectivity index is 4.22. The molecular formula is C7H17NO2S. The van der Waals surface area contributed by atoms with E-state index in [2.05, 4.69) is 4.72 Å². The van der Waals surface area contributed by atoms with Crippen molar-refractivity contribution >= 4 is 11.0 Å². The van der Waals surface area contributed by atoms with E-state index in [1.807, 2.05) is 20.8 Å². The summed E-state index contributed by atoms with van der Waals surface area (Å²) in [5.41, 5.74) is -0.431. The minimum atomic E-state index is -1.07. The van der Waals surface area contributed by atoms with Crippen LogP contribution in [0.3, 0.4) is 0 Å². The average molecular weight is 179 g/mol. The summed E-state index contributed by atoms with van der Waals surface area (Å²) in [6, 6.07) is 0. The summed E-state index contributed by atoms with van der Waals surface area (Å²) in [6.07, 6.45) is 1.57. The van der Waals surface area contributed by atoms with E-state index >= 15 is 0 Å². The molecule has 0 aliphatic rings. The number of aliphatic hydroxyl groups excluding tert-OH is 1. The van der Waals surface area contributed by atoms with Gasteiger partial charge < -0.3 is 5.11 Å². The first-order chi connectivity index (χ1) is 4.92. The van der Waals surface area contributed by atoms with Gasteiger partial charge in [-0.1, -0.05) is 13.8 Å². The third-order valence-corrected chi connectivity index (χ3v) is 2.73. The summed E-state index contributed by atoms with van der Waals surface area (Å²) in [7, 11) is -1.07. The first-order valence-corrected chi connectivity index (χ1v) is 5.20. The highest BCUT2D eigenvalue weighted by molar-refractivity contribution is 7.82. The minimum Gasteiger partial charge on any atom is -0.394 e. The standard InChI is InChI=1S/C7H17NO2S/c1-6(2)7(3,5-9)8-11(4)10/h6,8-9H,5H2,1-4H3. The molecule has 0 aliphatic heterocycles. The lowest BCUT2D eigenvalue weighted by molar-refractivity contribution is 0.156. The summed E-state index contributed by atoms with van der Waals surface area (Å²) in [6.45, 7) is 5.83. The molecule has 0 radical (unpaired) electrons. The van der Waals surface area contributed by atoms with Gasteiger partial charge in [-0.25, -0.2) is 8.93 Å². The summed E-state index contributed by atoms with van der Waals surface area (Å²) in [5, 5.41) is 9.01. The van der Waals surface area contributed by atoms with E-state index in [9.17, 15) is 4.21 Å². The number of hydrogen-bond acceptors (Lipinski definition) is 2. The fourth-order valence-electron chi connectivity index (χ4n) is 0.661. The summed E-state index contributed by atoms with van der Waals surface area (Å²) in [4.78, 5) is 0. The highest BCUT2D eigenvalue weighted by Gasteiger charge is 2.27. The van der Waals surface area contributed by atoms with Crippen molar-refractivity contribution in [2.75, 3.05) is 12.9 Å². The second kappa shape index (κ2) is 4.18. The van der Waals surface area contributed by atoms with Crippen molar-refractivity contribution in [1.29, 1.82) is 0 Å². The van der Waals surface area contributed by atoms with E-state index in [1.54, 1.807) is 6.26 Å². The van der Waals surface area contributed by atoms with E-state index in [0.717, 1.165) is 0 Å². The molecular weight excluding hydrogens is 162 g/mol. The zero-order valence-corrected chi connectivity index (χ0v) is 8.36. The van der Waals surface area contributed by atoms with Crippen LogP contribution in [0.5, 0.6) is 0 Å². The van der Waals surface area contributed by atoms with Crippen LogP contribution in [0.4, 0.5) is 0 Å². The molecule has 68 valence electrons. The molecule has 0 aromatic heterocycles. The van der Waals surface area contributed by atoms with Gasteiger partial charge in [0.2, 0.25) is 0 Å². The van der Waals surface area contributed by atoms with E-state index in [1.165, 1.54) is 0 Å². The quantitative estimate of drug-likeness (QED) is 0.651. The van der Waals surface area contributed by atoms with Crippen molar-refractivity contribution < 1.29 is 9.32 Å². The third kappa shape index (κ3) is 3.31. The highest BCUT2D eigenvalue weighted by atomic mass is 32.2. The van der Waals surface area contributed by atoms with Crippen molar-refractivity contribution in [3.05, 3.63) is 0 Å². The Morgan fingerprint density at radius 3 is 2.18 bits per heavy atom. The normalized spacial score (nSPS) is 19.8. The van der Waals surface area contributed by atoms with E-state index in [0.29, 0.717) is 0 Å². The molecule has 0 fully saturated rings. The van der Waals surface area contributed by atoms with Crippen LogP contribution < -0.4 is 4.72 Å².